The molecule has 3 aromatic carbocycles. The highest BCUT2D eigenvalue weighted by molar-refractivity contribution is 5.98. The molecule has 0 saturated carbocycles. The first-order valence-corrected chi connectivity index (χ1v) is 14.7. The standard InChI is InChI=1S/C36H30F3N3O3/c37-29-3-1-2-26(19-29)32-21-27(24-6-8-25(9-7-24)35(44)42-16-14-36(38,39)15-17-42)18-28-20-31(45-34(28)32)12-11-30(43)10-4-23-5-13-33(40)41-22-23/h1-10,13,18-22H,11-12,14-17H2,(H2,40,41)/b10-4+. The fourth-order valence-corrected chi connectivity index (χ4v) is 5.43. The van der Waals surface area contributed by atoms with Crippen molar-refractivity contribution in [3.05, 3.63) is 114 Å². The fourth-order valence-electron chi connectivity index (χ4n) is 5.43. The molecule has 0 atom stereocenters. The molecule has 45 heavy (non-hydrogen) atoms. The molecule has 3 heterocycles. The van der Waals surface area contributed by atoms with Gasteiger partial charge in [0.1, 0.15) is 23.0 Å². The predicted molar refractivity (Wildman–Crippen MR) is 168 cm³/mol. The average Bonchev–Trinajstić information content (AvgIpc) is 3.46. The number of allylic oxidation sites excluding steroid dienone is 1. The van der Waals surface area contributed by atoms with E-state index < -0.39 is 5.92 Å². The van der Waals surface area contributed by atoms with E-state index >= 15 is 0 Å². The van der Waals surface area contributed by atoms with E-state index in [9.17, 15) is 22.8 Å². The van der Waals surface area contributed by atoms with Gasteiger partial charge in [-0.25, -0.2) is 18.2 Å². The van der Waals surface area contributed by atoms with Gasteiger partial charge in [0, 0.05) is 61.5 Å². The number of carbonyl (C=O) groups is 2. The Kier molecular flexibility index (Phi) is 8.26. The summed E-state index contributed by atoms with van der Waals surface area (Å²) in [5.74, 6) is -2.45. The van der Waals surface area contributed by atoms with Gasteiger partial charge in [-0.3, -0.25) is 9.59 Å². The molecule has 1 aliphatic heterocycles. The number of pyridine rings is 1. The first-order valence-electron chi connectivity index (χ1n) is 14.7. The third-order valence-electron chi connectivity index (χ3n) is 7.94. The Morgan fingerprint density at radius 2 is 1.71 bits per heavy atom. The fraction of sp³-hybridized carbons (Fsp3) is 0.194. The second kappa shape index (κ2) is 12.4. The SMILES string of the molecule is Nc1ccc(/C=C/C(=O)CCc2cc3cc(-c4ccc(C(=O)N5CCC(F)(F)CC5)cc4)cc(-c4cccc(F)c4)c3o2)cn1. The van der Waals surface area contributed by atoms with Gasteiger partial charge in [0.25, 0.3) is 11.8 Å². The third-order valence-corrected chi connectivity index (χ3v) is 7.94. The number of hydrogen-bond acceptors (Lipinski definition) is 5. The van der Waals surface area contributed by atoms with Crippen LogP contribution in [0.1, 0.15) is 40.9 Å². The molecule has 0 bridgehead atoms. The minimum absolute atomic E-state index is 0.0199. The molecule has 1 fully saturated rings. The first kappa shape index (κ1) is 29.9. The molecule has 2 N–H and O–H groups in total. The van der Waals surface area contributed by atoms with Crippen molar-refractivity contribution in [3.8, 4) is 22.3 Å². The lowest BCUT2D eigenvalue weighted by Gasteiger charge is -2.31. The van der Waals surface area contributed by atoms with E-state index in [1.54, 1.807) is 48.7 Å². The molecule has 0 aliphatic carbocycles. The maximum Gasteiger partial charge on any atom is 0.253 e. The summed E-state index contributed by atoms with van der Waals surface area (Å²) in [6.45, 7) is 0.0397. The largest absolute Gasteiger partial charge is 0.460 e. The van der Waals surface area contributed by atoms with Gasteiger partial charge in [0.05, 0.1) is 0 Å². The lowest BCUT2D eigenvalue weighted by Crippen LogP contribution is -2.42. The number of aromatic nitrogens is 1. The molecule has 1 amide bonds. The zero-order valence-electron chi connectivity index (χ0n) is 24.3. The number of nitrogens with two attached hydrogens (primary N) is 1. The normalized spacial score (nSPS) is 14.7. The zero-order chi connectivity index (χ0) is 31.6. The maximum absolute atomic E-state index is 14.3. The molecule has 2 aromatic heterocycles. The van der Waals surface area contributed by atoms with Gasteiger partial charge in [-0.1, -0.05) is 24.3 Å². The second-order valence-corrected chi connectivity index (χ2v) is 11.2. The van der Waals surface area contributed by atoms with Gasteiger partial charge >= 0.3 is 0 Å². The summed E-state index contributed by atoms with van der Waals surface area (Å²) in [5.41, 5.74) is 10.3. The Labute approximate surface area is 258 Å². The summed E-state index contributed by atoms with van der Waals surface area (Å²) in [6, 6.07) is 22.4. The monoisotopic (exact) mass is 609 g/mol. The Morgan fingerprint density at radius 1 is 0.933 bits per heavy atom. The molecule has 1 saturated heterocycles. The van der Waals surface area contributed by atoms with Crippen molar-refractivity contribution >= 4 is 34.6 Å². The number of benzene rings is 3. The lowest BCUT2D eigenvalue weighted by atomic mass is 9.96. The van der Waals surface area contributed by atoms with Crippen LogP contribution in [0.15, 0.2) is 95.6 Å². The number of aryl methyl sites for hydroxylation is 1. The number of hydrogen-bond donors (Lipinski definition) is 1. The van der Waals surface area contributed by atoms with E-state index in [4.69, 9.17) is 10.2 Å². The number of furan rings is 1. The Balaban J connectivity index is 1.25. The van der Waals surface area contributed by atoms with Gasteiger partial charge < -0.3 is 15.1 Å². The van der Waals surface area contributed by atoms with Crippen LogP contribution in [0.5, 0.6) is 0 Å². The second-order valence-electron chi connectivity index (χ2n) is 11.2. The number of piperidine rings is 1. The van der Waals surface area contributed by atoms with E-state index in [-0.39, 0.29) is 49.9 Å². The molecule has 1 aliphatic rings. The molecule has 5 aromatic rings. The van der Waals surface area contributed by atoms with Crippen LogP contribution < -0.4 is 5.73 Å². The highest BCUT2D eigenvalue weighted by atomic mass is 19.3. The van der Waals surface area contributed by atoms with Crippen LogP contribution in [-0.4, -0.2) is 40.6 Å². The summed E-state index contributed by atoms with van der Waals surface area (Å²) in [5, 5.41) is 0.784. The van der Waals surface area contributed by atoms with E-state index in [1.165, 1.54) is 23.1 Å². The number of fused-ring (bicyclic) bond motifs is 1. The molecule has 0 unspecified atom stereocenters. The Bertz CT molecular complexity index is 1890. The molecule has 0 spiro atoms. The number of amides is 1. The predicted octanol–water partition coefficient (Wildman–Crippen LogP) is 7.97. The quantitative estimate of drug-likeness (QED) is 0.180. The Morgan fingerprint density at radius 3 is 2.42 bits per heavy atom. The van der Waals surface area contributed by atoms with Crippen LogP contribution in [0.4, 0.5) is 19.0 Å². The van der Waals surface area contributed by atoms with Crippen molar-refractivity contribution < 1.29 is 27.2 Å². The van der Waals surface area contributed by atoms with Crippen molar-refractivity contribution in [2.24, 2.45) is 0 Å². The smallest absolute Gasteiger partial charge is 0.253 e. The van der Waals surface area contributed by atoms with Crippen molar-refractivity contribution in [2.45, 2.75) is 31.6 Å². The van der Waals surface area contributed by atoms with Crippen LogP contribution in [0.3, 0.4) is 0 Å². The third kappa shape index (κ3) is 6.98. The van der Waals surface area contributed by atoms with Crippen LogP contribution >= 0.6 is 0 Å². The lowest BCUT2D eigenvalue weighted by molar-refractivity contribution is -0.114. The topological polar surface area (TPSA) is 89.4 Å². The van der Waals surface area contributed by atoms with E-state index in [0.717, 1.165) is 22.1 Å². The molecule has 6 nitrogen and oxygen atoms in total. The van der Waals surface area contributed by atoms with Crippen molar-refractivity contribution in [1.82, 2.24) is 9.88 Å². The summed E-state index contributed by atoms with van der Waals surface area (Å²) < 4.78 is 47.6. The van der Waals surface area contributed by atoms with Gasteiger partial charge in [0.15, 0.2) is 5.78 Å². The molecule has 0 radical (unpaired) electrons. The van der Waals surface area contributed by atoms with Crippen molar-refractivity contribution in [1.29, 1.82) is 0 Å². The Hall–Kier alpha value is -5.18. The number of ketones is 1. The van der Waals surface area contributed by atoms with E-state index in [1.807, 2.05) is 30.3 Å². The molecule has 9 heteroatoms. The number of anilines is 1. The first-order chi connectivity index (χ1) is 21.6. The van der Waals surface area contributed by atoms with E-state index in [0.29, 0.717) is 40.3 Å². The molecule has 228 valence electrons. The number of halogens is 3. The van der Waals surface area contributed by atoms with Crippen LogP contribution in [0.2, 0.25) is 0 Å². The van der Waals surface area contributed by atoms with Gasteiger partial charge in [-0.2, -0.15) is 0 Å². The summed E-state index contributed by atoms with van der Waals surface area (Å²) >= 11 is 0. The zero-order valence-corrected chi connectivity index (χ0v) is 24.3. The van der Waals surface area contributed by atoms with Gasteiger partial charge in [-0.05, 0) is 89.0 Å². The number of nitrogens with zero attached hydrogens (tertiary/aromatic N) is 2. The minimum Gasteiger partial charge on any atom is -0.460 e. The minimum atomic E-state index is -2.73. The average molecular weight is 610 g/mol. The van der Waals surface area contributed by atoms with Gasteiger partial charge in [-0.15, -0.1) is 0 Å². The number of carbonyl (C=O) groups excluding carboxylic acids is 2. The molecular formula is C36H30F3N3O3. The highest BCUT2D eigenvalue weighted by Crippen LogP contribution is 2.37. The van der Waals surface area contributed by atoms with Crippen LogP contribution in [0.25, 0.3) is 39.3 Å². The molecular weight excluding hydrogens is 579 g/mol. The summed E-state index contributed by atoms with van der Waals surface area (Å²) in [4.78, 5) is 31.0. The summed E-state index contributed by atoms with van der Waals surface area (Å²) in [6.07, 6.45) is 4.71. The number of alkyl halides is 2. The van der Waals surface area contributed by atoms with Crippen molar-refractivity contribution in [3.63, 3.8) is 0 Å². The number of rotatable bonds is 8. The van der Waals surface area contributed by atoms with Gasteiger partial charge in [0.2, 0.25) is 0 Å². The number of likely N-dealkylation sites (tertiary alicyclic amines) is 1. The maximum atomic E-state index is 14.3. The van der Waals surface area contributed by atoms with Crippen LogP contribution in [0, 0.1) is 5.82 Å². The van der Waals surface area contributed by atoms with E-state index in [2.05, 4.69) is 4.98 Å². The highest BCUT2D eigenvalue weighted by Gasteiger charge is 2.35. The number of nitrogen functional groups attached to an aromatic ring is 1. The van der Waals surface area contributed by atoms with Crippen molar-refractivity contribution in [2.75, 3.05) is 18.8 Å². The molecule has 6 rings (SSSR count). The summed E-state index contributed by atoms with van der Waals surface area (Å²) in [7, 11) is 0. The van der Waals surface area contributed by atoms with Crippen LogP contribution in [-0.2, 0) is 11.2 Å².